The first-order valence-corrected chi connectivity index (χ1v) is 7.53. The molecule has 1 fully saturated rings. The molecule has 1 aromatic carbocycles. The van der Waals surface area contributed by atoms with Crippen LogP contribution in [-0.2, 0) is 4.79 Å². The molecule has 0 unspecified atom stereocenters. The first-order chi connectivity index (χ1) is 9.69. The van der Waals surface area contributed by atoms with E-state index in [0.29, 0.717) is 23.0 Å². The van der Waals surface area contributed by atoms with Crippen molar-refractivity contribution in [2.75, 3.05) is 31.5 Å². The molecule has 0 spiro atoms. The average molecular weight is 296 g/mol. The molecule has 5 heteroatoms. The molecule has 0 saturated carbocycles. The molecule has 0 radical (unpaired) electrons. The summed E-state index contributed by atoms with van der Waals surface area (Å²) >= 11 is 6.01. The molecule has 0 aromatic heterocycles. The van der Waals surface area contributed by atoms with Crippen LogP contribution in [-0.4, -0.2) is 37.0 Å². The Bertz CT molecular complexity index is 444. The summed E-state index contributed by atoms with van der Waals surface area (Å²) in [5.41, 5.74) is 6.36. The zero-order valence-electron chi connectivity index (χ0n) is 11.6. The lowest BCUT2D eigenvalue weighted by molar-refractivity contribution is -0.116. The van der Waals surface area contributed by atoms with Gasteiger partial charge < -0.3 is 16.0 Å². The van der Waals surface area contributed by atoms with Crippen LogP contribution in [0.3, 0.4) is 0 Å². The number of rotatable bonds is 5. The smallest absolute Gasteiger partial charge is 0.225 e. The molecule has 20 heavy (non-hydrogen) atoms. The maximum Gasteiger partial charge on any atom is 0.225 e. The Kier molecular flexibility index (Phi) is 5.83. The number of hydrogen-bond donors (Lipinski definition) is 2. The normalized spacial score (nSPS) is 17.1. The summed E-state index contributed by atoms with van der Waals surface area (Å²) in [6, 6.07) is 7.29. The van der Waals surface area contributed by atoms with Crippen LogP contribution < -0.4 is 11.1 Å². The van der Waals surface area contributed by atoms with Crippen LogP contribution >= 0.6 is 11.6 Å². The van der Waals surface area contributed by atoms with Crippen LogP contribution in [0.15, 0.2) is 24.3 Å². The number of para-hydroxylation sites is 1. The van der Waals surface area contributed by atoms with Gasteiger partial charge in [0.05, 0.1) is 10.7 Å². The van der Waals surface area contributed by atoms with Crippen LogP contribution in [0, 0.1) is 5.92 Å². The molecule has 1 aliphatic rings. The van der Waals surface area contributed by atoms with E-state index in [1.807, 2.05) is 18.2 Å². The van der Waals surface area contributed by atoms with Crippen molar-refractivity contribution in [3.63, 3.8) is 0 Å². The summed E-state index contributed by atoms with van der Waals surface area (Å²) in [5.74, 6) is 0.669. The zero-order valence-corrected chi connectivity index (χ0v) is 12.4. The Morgan fingerprint density at radius 2 is 2.05 bits per heavy atom. The van der Waals surface area contributed by atoms with Gasteiger partial charge in [-0.25, -0.2) is 0 Å². The van der Waals surface area contributed by atoms with Crippen LogP contribution in [0.4, 0.5) is 5.69 Å². The molecular weight excluding hydrogens is 274 g/mol. The Labute approximate surface area is 125 Å². The number of halogens is 1. The first-order valence-electron chi connectivity index (χ1n) is 7.16. The highest BCUT2D eigenvalue weighted by molar-refractivity contribution is 6.33. The largest absolute Gasteiger partial charge is 0.330 e. The number of piperidine rings is 1. The summed E-state index contributed by atoms with van der Waals surface area (Å²) in [4.78, 5) is 14.2. The highest BCUT2D eigenvalue weighted by atomic mass is 35.5. The highest BCUT2D eigenvalue weighted by Crippen LogP contribution is 2.21. The van der Waals surface area contributed by atoms with Crippen molar-refractivity contribution in [3.05, 3.63) is 29.3 Å². The van der Waals surface area contributed by atoms with E-state index in [1.54, 1.807) is 6.07 Å². The van der Waals surface area contributed by atoms with Crippen molar-refractivity contribution in [2.45, 2.75) is 19.3 Å². The summed E-state index contributed by atoms with van der Waals surface area (Å²) in [6.07, 6.45) is 2.78. The number of nitrogens with one attached hydrogen (secondary N) is 1. The predicted octanol–water partition coefficient (Wildman–Crippen LogP) is 2.34. The summed E-state index contributed by atoms with van der Waals surface area (Å²) in [5, 5.41) is 3.43. The van der Waals surface area contributed by atoms with Gasteiger partial charge in [-0.05, 0) is 50.5 Å². The molecular formula is C15H22ClN3O. The Hall–Kier alpha value is -1.10. The van der Waals surface area contributed by atoms with Gasteiger partial charge in [0.2, 0.25) is 5.91 Å². The second kappa shape index (κ2) is 7.62. The lowest BCUT2D eigenvalue weighted by Gasteiger charge is -2.31. The van der Waals surface area contributed by atoms with E-state index in [-0.39, 0.29) is 5.91 Å². The minimum atomic E-state index is 0.0130. The Balaban J connectivity index is 1.72. The van der Waals surface area contributed by atoms with E-state index in [1.165, 1.54) is 0 Å². The van der Waals surface area contributed by atoms with Crippen LogP contribution in [0.25, 0.3) is 0 Å². The second-order valence-corrected chi connectivity index (χ2v) is 5.71. The van der Waals surface area contributed by atoms with Gasteiger partial charge in [0, 0.05) is 13.0 Å². The lowest BCUT2D eigenvalue weighted by Crippen LogP contribution is -2.37. The number of carbonyl (C=O) groups excluding carboxylic acids is 1. The van der Waals surface area contributed by atoms with Crippen molar-refractivity contribution in [1.82, 2.24) is 4.90 Å². The van der Waals surface area contributed by atoms with E-state index in [0.717, 1.165) is 39.0 Å². The van der Waals surface area contributed by atoms with Crippen molar-refractivity contribution in [3.8, 4) is 0 Å². The molecule has 1 saturated heterocycles. The molecule has 1 aliphatic heterocycles. The molecule has 0 aliphatic carbocycles. The van der Waals surface area contributed by atoms with Gasteiger partial charge in [0.1, 0.15) is 0 Å². The van der Waals surface area contributed by atoms with Gasteiger partial charge in [-0.1, -0.05) is 23.7 Å². The number of anilines is 1. The number of likely N-dealkylation sites (tertiary alicyclic amines) is 1. The third kappa shape index (κ3) is 4.47. The average Bonchev–Trinajstić information content (AvgIpc) is 2.48. The van der Waals surface area contributed by atoms with Crippen molar-refractivity contribution in [1.29, 1.82) is 0 Å². The molecule has 1 aromatic rings. The number of benzene rings is 1. The van der Waals surface area contributed by atoms with Crippen LogP contribution in [0.1, 0.15) is 19.3 Å². The Morgan fingerprint density at radius 1 is 1.35 bits per heavy atom. The number of nitrogens with two attached hydrogens (primary N) is 1. The molecule has 2 rings (SSSR count). The third-order valence-corrected chi connectivity index (χ3v) is 4.17. The summed E-state index contributed by atoms with van der Waals surface area (Å²) in [6.45, 7) is 3.66. The minimum Gasteiger partial charge on any atom is -0.330 e. The van der Waals surface area contributed by atoms with E-state index >= 15 is 0 Å². The molecule has 4 nitrogen and oxygen atoms in total. The van der Waals surface area contributed by atoms with Gasteiger partial charge in [0.15, 0.2) is 0 Å². The minimum absolute atomic E-state index is 0.0130. The van der Waals surface area contributed by atoms with Gasteiger partial charge in [-0.15, -0.1) is 0 Å². The van der Waals surface area contributed by atoms with Crippen LogP contribution in [0.2, 0.25) is 5.02 Å². The number of carbonyl (C=O) groups is 1. The van der Waals surface area contributed by atoms with Crippen LogP contribution in [0.5, 0.6) is 0 Å². The predicted molar refractivity (Wildman–Crippen MR) is 82.9 cm³/mol. The number of hydrogen-bond acceptors (Lipinski definition) is 3. The van der Waals surface area contributed by atoms with E-state index in [2.05, 4.69) is 10.2 Å². The van der Waals surface area contributed by atoms with Crippen molar-refractivity contribution < 1.29 is 4.79 Å². The van der Waals surface area contributed by atoms with Gasteiger partial charge >= 0.3 is 0 Å². The fourth-order valence-corrected chi connectivity index (χ4v) is 2.66. The fourth-order valence-electron chi connectivity index (χ4n) is 2.48. The highest BCUT2D eigenvalue weighted by Gasteiger charge is 2.18. The quantitative estimate of drug-likeness (QED) is 0.876. The topological polar surface area (TPSA) is 58.4 Å². The number of nitrogens with zero attached hydrogens (tertiary/aromatic N) is 1. The lowest BCUT2D eigenvalue weighted by atomic mass is 9.97. The maximum atomic E-state index is 11.9. The van der Waals surface area contributed by atoms with E-state index < -0.39 is 0 Å². The SMILES string of the molecule is NCC1CCN(CCC(=O)Nc2ccccc2Cl)CC1. The van der Waals surface area contributed by atoms with E-state index in [4.69, 9.17) is 17.3 Å². The van der Waals surface area contributed by atoms with Gasteiger partial charge in [-0.3, -0.25) is 4.79 Å². The molecule has 110 valence electrons. The molecule has 1 heterocycles. The second-order valence-electron chi connectivity index (χ2n) is 5.30. The van der Waals surface area contributed by atoms with E-state index in [9.17, 15) is 4.79 Å². The maximum absolute atomic E-state index is 11.9. The summed E-state index contributed by atoms with van der Waals surface area (Å²) < 4.78 is 0. The molecule has 3 N–H and O–H groups in total. The standard InChI is InChI=1S/C15H22ClN3O/c16-13-3-1-2-4-14(13)18-15(20)7-10-19-8-5-12(11-17)6-9-19/h1-4,12H,5-11,17H2,(H,18,20). The molecule has 0 atom stereocenters. The molecule has 0 bridgehead atoms. The zero-order chi connectivity index (χ0) is 14.4. The van der Waals surface area contributed by atoms with Crippen molar-refractivity contribution in [2.24, 2.45) is 11.7 Å². The Morgan fingerprint density at radius 3 is 2.70 bits per heavy atom. The molecule has 1 amide bonds. The van der Waals surface area contributed by atoms with Gasteiger partial charge in [0.25, 0.3) is 0 Å². The first kappa shape index (κ1) is 15.3. The number of amides is 1. The summed E-state index contributed by atoms with van der Waals surface area (Å²) in [7, 11) is 0. The van der Waals surface area contributed by atoms with Gasteiger partial charge in [-0.2, -0.15) is 0 Å². The van der Waals surface area contributed by atoms with Crippen molar-refractivity contribution >= 4 is 23.2 Å². The third-order valence-electron chi connectivity index (χ3n) is 3.84. The fraction of sp³-hybridized carbons (Fsp3) is 0.533. The monoisotopic (exact) mass is 295 g/mol.